The largest absolute Gasteiger partial charge is 0.497 e. The summed E-state index contributed by atoms with van der Waals surface area (Å²) in [5, 5.41) is 4.43. The molecule has 2 aromatic heterocycles. The first-order valence-electron chi connectivity index (χ1n) is 9.13. The number of hydrogen-bond donors (Lipinski definition) is 0. The van der Waals surface area contributed by atoms with Gasteiger partial charge in [-0.3, -0.25) is 4.79 Å². The Labute approximate surface area is 157 Å². The van der Waals surface area contributed by atoms with Gasteiger partial charge < -0.3 is 9.47 Å². The number of hydrogen-bond acceptors (Lipinski definition) is 6. The van der Waals surface area contributed by atoms with Crippen LogP contribution in [0.3, 0.4) is 0 Å². The fourth-order valence-corrected chi connectivity index (χ4v) is 3.63. The molecule has 0 saturated carbocycles. The van der Waals surface area contributed by atoms with Crippen LogP contribution in [0.5, 0.6) is 11.5 Å². The van der Waals surface area contributed by atoms with Gasteiger partial charge >= 0.3 is 0 Å². The predicted octanol–water partition coefficient (Wildman–Crippen LogP) is 3.01. The third-order valence-electron chi connectivity index (χ3n) is 4.98. The number of nitrogens with zero attached hydrogens (tertiary/aromatic N) is 4. The number of carbonyl (C=O) groups excluding carboxylic acids is 1. The van der Waals surface area contributed by atoms with Crippen LogP contribution < -0.4 is 9.47 Å². The van der Waals surface area contributed by atoms with E-state index < -0.39 is 0 Å². The van der Waals surface area contributed by atoms with Crippen LogP contribution in [0.25, 0.3) is 5.78 Å². The summed E-state index contributed by atoms with van der Waals surface area (Å²) in [7, 11) is 3.25. The maximum Gasteiger partial charge on any atom is 0.252 e. The summed E-state index contributed by atoms with van der Waals surface area (Å²) in [6.45, 7) is 2.08. The van der Waals surface area contributed by atoms with E-state index in [1.165, 1.54) is 0 Å². The predicted molar refractivity (Wildman–Crippen MR) is 99.7 cm³/mol. The van der Waals surface area contributed by atoms with Crippen LogP contribution in [0.4, 0.5) is 0 Å². The average Bonchev–Trinajstić information content (AvgIpc) is 3.07. The molecule has 0 N–H and O–H groups in total. The van der Waals surface area contributed by atoms with Crippen molar-refractivity contribution in [1.82, 2.24) is 19.6 Å². The van der Waals surface area contributed by atoms with Crippen molar-refractivity contribution in [2.75, 3.05) is 14.2 Å². The van der Waals surface area contributed by atoms with Crippen LogP contribution in [0.15, 0.2) is 24.4 Å². The lowest BCUT2D eigenvalue weighted by Crippen LogP contribution is -2.21. The van der Waals surface area contributed by atoms with Gasteiger partial charge in [0.05, 0.1) is 25.5 Å². The van der Waals surface area contributed by atoms with Gasteiger partial charge in [-0.25, -0.2) is 9.50 Å². The highest BCUT2D eigenvalue weighted by atomic mass is 16.5. The van der Waals surface area contributed by atoms with Gasteiger partial charge in [0.25, 0.3) is 5.78 Å². The molecular formula is C20H22N4O3. The third-order valence-corrected chi connectivity index (χ3v) is 4.98. The van der Waals surface area contributed by atoms with Crippen molar-refractivity contribution < 1.29 is 14.3 Å². The standard InChI is InChI=1S/C20H22N4O3/c1-4-5-19-22-20-21-16-8-12(9-17(25)15(16)11-24(20)23-19)14-7-6-13(26-2)10-18(14)27-3/h6-7,10-12H,4-5,8-9H2,1-3H3/t12-/m1/s1. The van der Waals surface area contributed by atoms with Gasteiger partial charge in [0.15, 0.2) is 11.6 Å². The zero-order valence-corrected chi connectivity index (χ0v) is 15.7. The number of aryl methyl sites for hydroxylation is 1. The van der Waals surface area contributed by atoms with Crippen LogP contribution in [0.1, 0.15) is 53.1 Å². The number of carbonyl (C=O) groups is 1. The number of benzene rings is 1. The van der Waals surface area contributed by atoms with Gasteiger partial charge in [-0.15, -0.1) is 5.10 Å². The number of ether oxygens (including phenoxy) is 2. The topological polar surface area (TPSA) is 78.6 Å². The molecule has 27 heavy (non-hydrogen) atoms. The SMILES string of the molecule is CCCc1nc2nc3c(cn2n1)C(=O)C[C@H](c1ccc(OC)cc1OC)C3. The molecule has 4 rings (SSSR count). The Balaban J connectivity index is 1.72. The number of ketones is 1. The van der Waals surface area contributed by atoms with Gasteiger partial charge in [0, 0.05) is 31.0 Å². The van der Waals surface area contributed by atoms with E-state index >= 15 is 0 Å². The maximum absolute atomic E-state index is 12.8. The first-order valence-corrected chi connectivity index (χ1v) is 9.13. The highest BCUT2D eigenvalue weighted by Gasteiger charge is 2.30. The Morgan fingerprint density at radius 3 is 2.78 bits per heavy atom. The third kappa shape index (κ3) is 3.13. The number of Topliss-reactive ketones (excluding diaryl/α,β-unsaturated/α-hetero) is 1. The van der Waals surface area contributed by atoms with Crippen LogP contribution in [0, 0.1) is 0 Å². The molecule has 0 fully saturated rings. The second kappa shape index (κ2) is 6.98. The molecule has 140 valence electrons. The summed E-state index contributed by atoms with van der Waals surface area (Å²) in [6, 6.07) is 5.71. The minimum absolute atomic E-state index is 0.0128. The Hall–Kier alpha value is -2.96. The molecule has 0 radical (unpaired) electrons. The van der Waals surface area contributed by atoms with Crippen molar-refractivity contribution in [3.8, 4) is 11.5 Å². The second-order valence-corrected chi connectivity index (χ2v) is 6.76. The Kier molecular flexibility index (Phi) is 4.51. The zero-order valence-electron chi connectivity index (χ0n) is 15.7. The molecule has 1 aliphatic carbocycles. The van der Waals surface area contributed by atoms with E-state index in [1.54, 1.807) is 24.9 Å². The first kappa shape index (κ1) is 17.5. The fourth-order valence-electron chi connectivity index (χ4n) is 3.63. The summed E-state index contributed by atoms with van der Waals surface area (Å²) in [5.74, 6) is 2.84. The van der Waals surface area contributed by atoms with E-state index in [1.807, 2.05) is 18.2 Å². The summed E-state index contributed by atoms with van der Waals surface area (Å²) in [5.41, 5.74) is 2.41. The molecule has 0 bridgehead atoms. The molecule has 7 heteroatoms. The lowest BCUT2D eigenvalue weighted by molar-refractivity contribution is 0.0962. The molecule has 0 aliphatic heterocycles. The van der Waals surface area contributed by atoms with Crippen molar-refractivity contribution in [2.24, 2.45) is 0 Å². The highest BCUT2D eigenvalue weighted by Crippen LogP contribution is 2.38. The minimum atomic E-state index is 0.0128. The van der Waals surface area contributed by atoms with E-state index in [-0.39, 0.29) is 11.7 Å². The second-order valence-electron chi connectivity index (χ2n) is 6.76. The minimum Gasteiger partial charge on any atom is -0.497 e. The molecule has 0 spiro atoms. The number of aromatic nitrogens is 4. The quantitative estimate of drug-likeness (QED) is 0.691. The number of rotatable bonds is 5. The molecule has 7 nitrogen and oxygen atoms in total. The smallest absolute Gasteiger partial charge is 0.252 e. The van der Waals surface area contributed by atoms with Gasteiger partial charge in [-0.05, 0) is 24.5 Å². The van der Waals surface area contributed by atoms with Crippen molar-refractivity contribution in [2.45, 2.75) is 38.5 Å². The van der Waals surface area contributed by atoms with E-state index in [9.17, 15) is 4.79 Å². The molecule has 1 aromatic carbocycles. The molecule has 0 unspecified atom stereocenters. The maximum atomic E-state index is 12.8. The molecule has 3 aromatic rings. The van der Waals surface area contributed by atoms with Gasteiger partial charge in [0.2, 0.25) is 0 Å². The number of fused-ring (bicyclic) bond motifs is 2. The lowest BCUT2D eigenvalue weighted by atomic mass is 9.82. The van der Waals surface area contributed by atoms with Crippen molar-refractivity contribution in [1.29, 1.82) is 0 Å². The molecular weight excluding hydrogens is 344 g/mol. The molecule has 2 heterocycles. The Bertz CT molecular complexity index is 1010. The Morgan fingerprint density at radius 1 is 1.19 bits per heavy atom. The van der Waals surface area contributed by atoms with Crippen LogP contribution in [-0.2, 0) is 12.8 Å². The van der Waals surface area contributed by atoms with Crippen LogP contribution in [-0.4, -0.2) is 39.6 Å². The summed E-state index contributed by atoms with van der Waals surface area (Å²) in [4.78, 5) is 21.9. The molecule has 1 aliphatic rings. The van der Waals surface area contributed by atoms with Gasteiger partial charge in [-0.2, -0.15) is 4.98 Å². The van der Waals surface area contributed by atoms with Crippen molar-refractivity contribution in [3.05, 3.63) is 47.0 Å². The van der Waals surface area contributed by atoms with E-state index in [4.69, 9.17) is 9.47 Å². The van der Waals surface area contributed by atoms with Crippen LogP contribution in [0.2, 0.25) is 0 Å². The van der Waals surface area contributed by atoms with E-state index in [0.29, 0.717) is 24.2 Å². The molecule has 0 amide bonds. The molecule has 0 saturated heterocycles. The van der Waals surface area contributed by atoms with Crippen LogP contribution >= 0.6 is 0 Å². The van der Waals surface area contributed by atoms with E-state index in [0.717, 1.165) is 41.4 Å². The van der Waals surface area contributed by atoms with Gasteiger partial charge in [-0.1, -0.05) is 13.0 Å². The Morgan fingerprint density at radius 2 is 2.04 bits per heavy atom. The van der Waals surface area contributed by atoms with Crippen molar-refractivity contribution >= 4 is 11.6 Å². The summed E-state index contributed by atoms with van der Waals surface area (Å²) < 4.78 is 12.4. The van der Waals surface area contributed by atoms with Crippen molar-refractivity contribution in [3.63, 3.8) is 0 Å². The molecule has 1 atom stereocenters. The fraction of sp³-hybridized carbons (Fsp3) is 0.400. The summed E-state index contributed by atoms with van der Waals surface area (Å²) >= 11 is 0. The normalized spacial score (nSPS) is 16.4. The average molecular weight is 366 g/mol. The number of methoxy groups -OCH3 is 2. The zero-order chi connectivity index (χ0) is 19.0. The van der Waals surface area contributed by atoms with E-state index in [2.05, 4.69) is 22.0 Å². The van der Waals surface area contributed by atoms with Gasteiger partial charge in [0.1, 0.15) is 11.5 Å². The lowest BCUT2D eigenvalue weighted by Gasteiger charge is -2.24. The monoisotopic (exact) mass is 366 g/mol. The summed E-state index contributed by atoms with van der Waals surface area (Å²) in [6.07, 6.45) is 4.62. The first-order chi connectivity index (χ1) is 13.1. The highest BCUT2D eigenvalue weighted by molar-refractivity contribution is 5.98.